The largest absolute Gasteiger partial charge is 0.508 e. The molecule has 3 heteroatoms. The molecule has 1 aromatic rings. The number of phenolic OH excluding ortho intramolecular Hbond substituents is 1. The fourth-order valence-electron chi connectivity index (χ4n) is 2.27. The molecule has 0 spiro atoms. The van der Waals surface area contributed by atoms with E-state index in [-0.39, 0.29) is 17.7 Å². The van der Waals surface area contributed by atoms with Gasteiger partial charge in [-0.05, 0) is 31.9 Å². The number of nitrogens with one attached hydrogen (secondary N) is 1. The van der Waals surface area contributed by atoms with Crippen LogP contribution in [0.4, 0.5) is 0 Å². The molecule has 1 aromatic carbocycles. The molecule has 0 aliphatic heterocycles. The first-order valence-electron chi connectivity index (χ1n) is 6.60. The van der Waals surface area contributed by atoms with Crippen molar-refractivity contribution in [2.75, 3.05) is 0 Å². The SMILES string of the molecule is CCC(CC)C(C)NC(=O)c1cccc(O)c1C. The molecule has 3 nitrogen and oxygen atoms in total. The molecule has 1 unspecified atom stereocenters. The Labute approximate surface area is 109 Å². The Morgan fingerprint density at radius 3 is 2.50 bits per heavy atom. The average molecular weight is 249 g/mol. The van der Waals surface area contributed by atoms with Crippen molar-refractivity contribution < 1.29 is 9.90 Å². The number of carbonyl (C=O) groups is 1. The highest BCUT2D eigenvalue weighted by Gasteiger charge is 2.18. The predicted octanol–water partition coefficient (Wildman–Crippen LogP) is 3.26. The van der Waals surface area contributed by atoms with Crippen molar-refractivity contribution in [3.05, 3.63) is 29.3 Å². The van der Waals surface area contributed by atoms with Gasteiger partial charge in [0.2, 0.25) is 0 Å². The number of phenols is 1. The van der Waals surface area contributed by atoms with Crippen LogP contribution in [0, 0.1) is 12.8 Å². The van der Waals surface area contributed by atoms with E-state index in [0.29, 0.717) is 17.0 Å². The number of rotatable bonds is 5. The van der Waals surface area contributed by atoms with E-state index in [2.05, 4.69) is 19.2 Å². The lowest BCUT2D eigenvalue weighted by molar-refractivity contribution is 0.0924. The molecule has 0 saturated heterocycles. The van der Waals surface area contributed by atoms with Crippen LogP contribution in [0.25, 0.3) is 0 Å². The van der Waals surface area contributed by atoms with Crippen molar-refractivity contribution >= 4 is 5.91 Å². The predicted molar refractivity (Wildman–Crippen MR) is 73.8 cm³/mol. The molecule has 2 N–H and O–H groups in total. The third-order valence-electron chi connectivity index (χ3n) is 3.66. The zero-order chi connectivity index (χ0) is 13.7. The first-order valence-corrected chi connectivity index (χ1v) is 6.60. The topological polar surface area (TPSA) is 49.3 Å². The minimum Gasteiger partial charge on any atom is -0.508 e. The Bertz CT molecular complexity index is 411. The second-order valence-electron chi connectivity index (χ2n) is 4.79. The lowest BCUT2D eigenvalue weighted by Crippen LogP contribution is -2.38. The van der Waals surface area contributed by atoms with Crippen molar-refractivity contribution in [2.24, 2.45) is 5.92 Å². The van der Waals surface area contributed by atoms with Gasteiger partial charge in [-0.2, -0.15) is 0 Å². The second-order valence-corrected chi connectivity index (χ2v) is 4.79. The van der Waals surface area contributed by atoms with Crippen LogP contribution in [0.1, 0.15) is 49.5 Å². The summed E-state index contributed by atoms with van der Waals surface area (Å²) in [6, 6.07) is 5.17. The fourth-order valence-corrected chi connectivity index (χ4v) is 2.27. The first kappa shape index (κ1) is 14.6. The van der Waals surface area contributed by atoms with Crippen LogP contribution < -0.4 is 5.32 Å². The molecule has 100 valence electrons. The summed E-state index contributed by atoms with van der Waals surface area (Å²) >= 11 is 0. The van der Waals surface area contributed by atoms with Gasteiger partial charge in [-0.3, -0.25) is 4.79 Å². The quantitative estimate of drug-likeness (QED) is 0.841. The zero-order valence-electron chi connectivity index (χ0n) is 11.7. The van der Waals surface area contributed by atoms with Crippen LogP contribution in [0.2, 0.25) is 0 Å². The molecule has 0 radical (unpaired) electrons. The van der Waals surface area contributed by atoms with E-state index in [1.807, 2.05) is 6.92 Å². The molecule has 0 aromatic heterocycles. The lowest BCUT2D eigenvalue weighted by atomic mass is 9.95. The molecule has 1 atom stereocenters. The van der Waals surface area contributed by atoms with Gasteiger partial charge in [-0.15, -0.1) is 0 Å². The highest BCUT2D eigenvalue weighted by molar-refractivity contribution is 5.96. The van der Waals surface area contributed by atoms with E-state index in [1.54, 1.807) is 25.1 Å². The maximum absolute atomic E-state index is 12.1. The molecular formula is C15H23NO2. The van der Waals surface area contributed by atoms with E-state index < -0.39 is 0 Å². The standard InChI is InChI=1S/C15H23NO2/c1-5-12(6-2)11(4)16-15(18)13-8-7-9-14(17)10(13)3/h7-9,11-12,17H,5-6H2,1-4H3,(H,16,18). The Morgan fingerprint density at radius 1 is 1.33 bits per heavy atom. The van der Waals surface area contributed by atoms with E-state index in [4.69, 9.17) is 0 Å². The van der Waals surface area contributed by atoms with E-state index >= 15 is 0 Å². The number of carbonyl (C=O) groups excluding carboxylic acids is 1. The summed E-state index contributed by atoms with van der Waals surface area (Å²) < 4.78 is 0. The minimum absolute atomic E-state index is 0.109. The molecule has 0 saturated carbocycles. The van der Waals surface area contributed by atoms with E-state index in [1.165, 1.54) is 0 Å². The molecule has 0 bridgehead atoms. The molecule has 0 aliphatic carbocycles. The van der Waals surface area contributed by atoms with Crippen LogP contribution in [0.15, 0.2) is 18.2 Å². The van der Waals surface area contributed by atoms with Gasteiger partial charge < -0.3 is 10.4 Å². The third kappa shape index (κ3) is 3.25. The van der Waals surface area contributed by atoms with Crippen LogP contribution in [-0.2, 0) is 0 Å². The molecular weight excluding hydrogens is 226 g/mol. The summed E-state index contributed by atoms with van der Waals surface area (Å²) in [4.78, 5) is 12.1. The summed E-state index contributed by atoms with van der Waals surface area (Å²) in [5.74, 6) is 0.548. The van der Waals surface area contributed by atoms with Gasteiger partial charge in [0.15, 0.2) is 0 Å². The summed E-state index contributed by atoms with van der Waals surface area (Å²) in [6.07, 6.45) is 2.11. The van der Waals surface area contributed by atoms with Gasteiger partial charge >= 0.3 is 0 Å². The van der Waals surface area contributed by atoms with Crippen LogP contribution >= 0.6 is 0 Å². The van der Waals surface area contributed by atoms with Gasteiger partial charge in [0.25, 0.3) is 5.91 Å². The van der Waals surface area contributed by atoms with Gasteiger partial charge in [0.05, 0.1) is 0 Å². The second kappa shape index (κ2) is 6.43. The maximum Gasteiger partial charge on any atom is 0.251 e. The van der Waals surface area contributed by atoms with E-state index in [0.717, 1.165) is 12.8 Å². The van der Waals surface area contributed by atoms with Crippen molar-refractivity contribution in [3.63, 3.8) is 0 Å². The van der Waals surface area contributed by atoms with Crippen molar-refractivity contribution in [1.82, 2.24) is 5.32 Å². The average Bonchev–Trinajstić information content (AvgIpc) is 2.34. The van der Waals surface area contributed by atoms with Crippen LogP contribution in [-0.4, -0.2) is 17.1 Å². The highest BCUT2D eigenvalue weighted by Crippen LogP contribution is 2.20. The first-order chi connectivity index (χ1) is 8.51. The van der Waals surface area contributed by atoms with Gasteiger partial charge in [-0.25, -0.2) is 0 Å². The lowest BCUT2D eigenvalue weighted by Gasteiger charge is -2.23. The maximum atomic E-state index is 12.1. The monoisotopic (exact) mass is 249 g/mol. The minimum atomic E-state index is -0.109. The summed E-state index contributed by atoms with van der Waals surface area (Å²) in [5, 5.41) is 12.6. The Morgan fingerprint density at radius 2 is 1.94 bits per heavy atom. The normalized spacial score (nSPS) is 12.5. The van der Waals surface area contributed by atoms with Gasteiger partial charge in [0, 0.05) is 17.2 Å². The van der Waals surface area contributed by atoms with Gasteiger partial charge in [-0.1, -0.05) is 32.8 Å². The molecule has 18 heavy (non-hydrogen) atoms. The zero-order valence-corrected chi connectivity index (χ0v) is 11.7. The van der Waals surface area contributed by atoms with Gasteiger partial charge in [0.1, 0.15) is 5.75 Å². The van der Waals surface area contributed by atoms with Crippen molar-refractivity contribution in [1.29, 1.82) is 0 Å². The number of benzene rings is 1. The molecule has 1 rings (SSSR count). The molecule has 1 amide bonds. The third-order valence-corrected chi connectivity index (χ3v) is 3.66. The Kier molecular flexibility index (Phi) is 5.20. The summed E-state index contributed by atoms with van der Waals surface area (Å²) in [6.45, 7) is 8.06. The fraction of sp³-hybridized carbons (Fsp3) is 0.533. The molecule has 0 aliphatic rings. The number of hydrogen-bond acceptors (Lipinski definition) is 2. The smallest absolute Gasteiger partial charge is 0.251 e. The van der Waals surface area contributed by atoms with Crippen LogP contribution in [0.5, 0.6) is 5.75 Å². The van der Waals surface area contributed by atoms with Crippen LogP contribution in [0.3, 0.4) is 0 Å². The van der Waals surface area contributed by atoms with E-state index in [9.17, 15) is 9.90 Å². The molecule has 0 heterocycles. The van der Waals surface area contributed by atoms with Crippen molar-refractivity contribution in [3.8, 4) is 5.75 Å². The highest BCUT2D eigenvalue weighted by atomic mass is 16.3. The summed E-state index contributed by atoms with van der Waals surface area (Å²) in [7, 11) is 0. The molecule has 0 fully saturated rings. The number of hydrogen-bond donors (Lipinski definition) is 2. The number of amides is 1. The summed E-state index contributed by atoms with van der Waals surface area (Å²) in [5.41, 5.74) is 1.18. The van der Waals surface area contributed by atoms with Crippen molar-refractivity contribution in [2.45, 2.75) is 46.6 Å². The Hall–Kier alpha value is -1.51. The Balaban J connectivity index is 2.79. The number of aromatic hydroxyl groups is 1.